The van der Waals surface area contributed by atoms with Crippen molar-refractivity contribution in [3.05, 3.63) is 71.2 Å². The van der Waals surface area contributed by atoms with Crippen LogP contribution >= 0.6 is 12.4 Å². The van der Waals surface area contributed by atoms with E-state index in [-0.39, 0.29) is 18.2 Å². The van der Waals surface area contributed by atoms with E-state index in [1.54, 1.807) is 12.1 Å². The van der Waals surface area contributed by atoms with Crippen LogP contribution < -0.4 is 5.32 Å². The van der Waals surface area contributed by atoms with E-state index in [2.05, 4.69) is 34.7 Å². The lowest BCUT2D eigenvalue weighted by Crippen LogP contribution is -2.16. The molecule has 22 heavy (non-hydrogen) atoms. The fourth-order valence-electron chi connectivity index (χ4n) is 2.71. The van der Waals surface area contributed by atoms with Crippen molar-refractivity contribution in [2.75, 3.05) is 6.54 Å². The third kappa shape index (κ3) is 3.87. The van der Waals surface area contributed by atoms with Crippen molar-refractivity contribution in [2.45, 2.75) is 19.9 Å². The van der Waals surface area contributed by atoms with Crippen LogP contribution in [0.2, 0.25) is 0 Å². The number of para-hydroxylation sites is 1. The predicted octanol–water partition coefficient (Wildman–Crippen LogP) is 4.37. The van der Waals surface area contributed by atoms with Crippen molar-refractivity contribution in [1.82, 2.24) is 10.3 Å². The summed E-state index contributed by atoms with van der Waals surface area (Å²) >= 11 is 0. The maximum Gasteiger partial charge on any atom is 0.123 e. The van der Waals surface area contributed by atoms with Gasteiger partial charge in [0, 0.05) is 23.6 Å². The zero-order valence-corrected chi connectivity index (χ0v) is 13.3. The maximum atomic E-state index is 13.3. The average molecular weight is 319 g/mol. The molecule has 0 bridgehead atoms. The molecule has 0 spiro atoms. The summed E-state index contributed by atoms with van der Waals surface area (Å²) in [6, 6.07) is 13.5. The van der Waals surface area contributed by atoms with Crippen LogP contribution in [0.3, 0.4) is 0 Å². The molecule has 3 rings (SSSR count). The first-order chi connectivity index (χ1) is 10.2. The van der Waals surface area contributed by atoms with Crippen molar-refractivity contribution >= 4 is 23.3 Å². The monoisotopic (exact) mass is 318 g/mol. The minimum atomic E-state index is -0.163. The fraction of sp³-hybridized carbons (Fsp3) is 0.222. The third-order valence-electron chi connectivity index (χ3n) is 3.68. The Hall–Kier alpha value is -1.84. The Morgan fingerprint density at radius 1 is 1.14 bits per heavy atom. The summed E-state index contributed by atoms with van der Waals surface area (Å²) in [5.74, 6) is -0.163. The molecule has 0 aliphatic heterocycles. The molecule has 0 aliphatic carbocycles. The lowest BCUT2D eigenvalue weighted by molar-refractivity contribution is 0.619. The molecule has 1 aromatic heterocycles. The normalized spacial score (nSPS) is 10.6. The third-order valence-corrected chi connectivity index (χ3v) is 3.68. The average Bonchev–Trinajstić information content (AvgIpc) is 2.86. The van der Waals surface area contributed by atoms with Gasteiger partial charge < -0.3 is 10.3 Å². The van der Waals surface area contributed by atoms with E-state index >= 15 is 0 Å². The van der Waals surface area contributed by atoms with E-state index in [9.17, 15) is 4.39 Å². The number of fused-ring (bicyclic) bond motifs is 1. The summed E-state index contributed by atoms with van der Waals surface area (Å²) in [5.41, 5.74) is 4.44. The molecule has 2 aromatic carbocycles. The summed E-state index contributed by atoms with van der Waals surface area (Å²) in [6.07, 6.45) is 3.02. The Morgan fingerprint density at radius 2 is 1.95 bits per heavy atom. The van der Waals surface area contributed by atoms with E-state index in [0.717, 1.165) is 24.1 Å². The molecule has 2 N–H and O–H groups in total. The van der Waals surface area contributed by atoms with E-state index in [4.69, 9.17) is 0 Å². The summed E-state index contributed by atoms with van der Waals surface area (Å²) in [4.78, 5) is 3.28. The topological polar surface area (TPSA) is 27.8 Å². The van der Waals surface area contributed by atoms with Gasteiger partial charge in [0.05, 0.1) is 0 Å². The predicted molar refractivity (Wildman–Crippen MR) is 92.1 cm³/mol. The van der Waals surface area contributed by atoms with Gasteiger partial charge in [-0.1, -0.05) is 24.3 Å². The molecule has 116 valence electrons. The molecule has 0 saturated carbocycles. The molecule has 4 heteroatoms. The number of hydrogen-bond donors (Lipinski definition) is 2. The highest BCUT2D eigenvalue weighted by Crippen LogP contribution is 2.17. The van der Waals surface area contributed by atoms with Gasteiger partial charge in [-0.05, 0) is 54.8 Å². The van der Waals surface area contributed by atoms with Gasteiger partial charge in [-0.25, -0.2) is 4.39 Å². The van der Waals surface area contributed by atoms with Gasteiger partial charge in [-0.2, -0.15) is 0 Å². The van der Waals surface area contributed by atoms with E-state index in [1.807, 2.05) is 19.1 Å². The number of H-pyrrole nitrogens is 1. The smallest absolute Gasteiger partial charge is 0.123 e. The number of aromatic amines is 1. The highest BCUT2D eigenvalue weighted by molar-refractivity contribution is 5.85. The van der Waals surface area contributed by atoms with Crippen molar-refractivity contribution < 1.29 is 4.39 Å². The van der Waals surface area contributed by atoms with Crippen LogP contribution in [-0.4, -0.2) is 11.5 Å². The number of aryl methyl sites for hydroxylation is 1. The Labute approximate surface area is 136 Å². The number of halogens is 2. The second-order valence-electron chi connectivity index (χ2n) is 5.42. The first-order valence-electron chi connectivity index (χ1n) is 7.24. The Kier molecular flexibility index (Phi) is 5.58. The van der Waals surface area contributed by atoms with E-state index < -0.39 is 0 Å². The number of benzene rings is 2. The molecular formula is C18H20ClFN2. The van der Waals surface area contributed by atoms with Gasteiger partial charge in [-0.3, -0.25) is 0 Å². The molecular weight excluding hydrogens is 299 g/mol. The van der Waals surface area contributed by atoms with Crippen LogP contribution in [0.1, 0.15) is 16.7 Å². The van der Waals surface area contributed by atoms with Gasteiger partial charge in [0.1, 0.15) is 5.82 Å². The maximum absolute atomic E-state index is 13.3. The number of hydrogen-bond acceptors (Lipinski definition) is 1. The quantitative estimate of drug-likeness (QED) is 0.672. The molecule has 1 heterocycles. The van der Waals surface area contributed by atoms with Crippen LogP contribution in [0.15, 0.2) is 48.7 Å². The largest absolute Gasteiger partial charge is 0.361 e. The Bertz CT molecular complexity index is 731. The number of rotatable bonds is 5. The van der Waals surface area contributed by atoms with Gasteiger partial charge in [0.15, 0.2) is 0 Å². The minimum Gasteiger partial charge on any atom is -0.361 e. The minimum absolute atomic E-state index is 0. The van der Waals surface area contributed by atoms with Gasteiger partial charge >= 0.3 is 0 Å². The highest BCUT2D eigenvalue weighted by Gasteiger charge is 2.02. The summed E-state index contributed by atoms with van der Waals surface area (Å²) in [7, 11) is 0. The fourth-order valence-corrected chi connectivity index (χ4v) is 2.71. The van der Waals surface area contributed by atoms with Gasteiger partial charge in [0.25, 0.3) is 0 Å². The molecule has 2 nitrogen and oxygen atoms in total. The van der Waals surface area contributed by atoms with Crippen LogP contribution in [0.4, 0.5) is 4.39 Å². The molecule has 0 amide bonds. The summed E-state index contributed by atoms with van der Waals surface area (Å²) in [5, 5.41) is 4.66. The van der Waals surface area contributed by atoms with Crippen LogP contribution in [0.5, 0.6) is 0 Å². The molecule has 0 saturated heterocycles. The first-order valence-corrected chi connectivity index (χ1v) is 7.24. The van der Waals surface area contributed by atoms with E-state index in [1.165, 1.54) is 16.5 Å². The van der Waals surface area contributed by atoms with E-state index in [0.29, 0.717) is 6.54 Å². The van der Waals surface area contributed by atoms with Crippen molar-refractivity contribution in [2.24, 2.45) is 0 Å². The van der Waals surface area contributed by atoms with Gasteiger partial charge in [0.2, 0.25) is 0 Å². The second kappa shape index (κ2) is 7.43. The zero-order valence-electron chi connectivity index (χ0n) is 12.5. The molecule has 0 aliphatic rings. The molecule has 0 fully saturated rings. The lowest BCUT2D eigenvalue weighted by Gasteiger charge is -2.06. The van der Waals surface area contributed by atoms with Crippen molar-refractivity contribution in [3.63, 3.8) is 0 Å². The second-order valence-corrected chi connectivity index (χ2v) is 5.42. The zero-order chi connectivity index (χ0) is 14.7. The standard InChI is InChI=1S/C18H19FN2.ClH/c1-13-8-14(10-16(19)9-13)11-20-7-6-15-12-21-18-5-3-2-4-17(15)18;/h2-5,8-10,12,20-21H,6-7,11H2,1H3;1H. The van der Waals surface area contributed by atoms with Crippen LogP contribution in [0.25, 0.3) is 10.9 Å². The molecule has 0 unspecified atom stereocenters. The number of nitrogens with one attached hydrogen (secondary N) is 2. The van der Waals surface area contributed by atoms with Crippen LogP contribution in [0, 0.1) is 12.7 Å². The van der Waals surface area contributed by atoms with Gasteiger partial charge in [-0.15, -0.1) is 12.4 Å². The number of aromatic nitrogens is 1. The summed E-state index contributed by atoms with van der Waals surface area (Å²) in [6.45, 7) is 3.48. The highest BCUT2D eigenvalue weighted by atomic mass is 35.5. The molecule has 0 radical (unpaired) electrons. The SMILES string of the molecule is Cc1cc(F)cc(CNCCc2c[nH]c3ccccc23)c1.Cl. The van der Waals surface area contributed by atoms with Crippen LogP contribution in [-0.2, 0) is 13.0 Å². The van der Waals surface area contributed by atoms with Crippen molar-refractivity contribution in [3.8, 4) is 0 Å². The first kappa shape index (κ1) is 16.5. The molecule has 0 atom stereocenters. The Balaban J connectivity index is 0.00000176. The lowest BCUT2D eigenvalue weighted by atomic mass is 10.1. The van der Waals surface area contributed by atoms with Crippen molar-refractivity contribution in [1.29, 1.82) is 0 Å². The summed E-state index contributed by atoms with van der Waals surface area (Å²) < 4.78 is 13.3. The molecule has 3 aromatic rings. The Morgan fingerprint density at radius 3 is 2.77 bits per heavy atom.